The van der Waals surface area contributed by atoms with Crippen LogP contribution in [0.15, 0.2) is 28.8 Å². The first-order valence-corrected chi connectivity index (χ1v) is 8.47. The fourth-order valence-corrected chi connectivity index (χ4v) is 2.95. The minimum Gasteiger partial charge on any atom is -0.506 e. The van der Waals surface area contributed by atoms with Crippen molar-refractivity contribution in [2.45, 2.75) is 39.2 Å². The van der Waals surface area contributed by atoms with Gasteiger partial charge in [0.25, 0.3) is 0 Å². The summed E-state index contributed by atoms with van der Waals surface area (Å²) >= 11 is 0. The van der Waals surface area contributed by atoms with Gasteiger partial charge in [-0.1, -0.05) is 38.1 Å². The van der Waals surface area contributed by atoms with E-state index in [2.05, 4.69) is 47.6 Å². The summed E-state index contributed by atoms with van der Waals surface area (Å²) in [5.41, 5.74) is 0.794. The molecule has 24 heavy (non-hydrogen) atoms. The van der Waals surface area contributed by atoms with Crippen LogP contribution >= 0.6 is 0 Å². The molecule has 1 aromatic carbocycles. The lowest BCUT2D eigenvalue weighted by Crippen LogP contribution is -2.47. The van der Waals surface area contributed by atoms with E-state index in [1.165, 1.54) is 0 Å². The zero-order valence-electron chi connectivity index (χ0n) is 14.9. The van der Waals surface area contributed by atoms with E-state index in [0.29, 0.717) is 11.6 Å². The Morgan fingerprint density at radius 2 is 1.79 bits per heavy atom. The number of benzene rings is 1. The predicted octanol–water partition coefficient (Wildman–Crippen LogP) is 2.96. The molecular formula is C18H26N4O2. The molecule has 1 unspecified atom stereocenters. The van der Waals surface area contributed by atoms with Gasteiger partial charge < -0.3 is 14.5 Å². The summed E-state index contributed by atoms with van der Waals surface area (Å²) in [6.45, 7) is 11.9. The summed E-state index contributed by atoms with van der Waals surface area (Å²) in [5.74, 6) is 1.76. The standard InChI is InChI=1S/C18H26N4O2/c1-13(16-19-17(20-24-16)18(2,3)4)21-9-11-22(12-10-21)14-7-5-6-8-15(14)23/h5-8,13,23H,9-12H2,1-4H3. The molecule has 130 valence electrons. The van der Waals surface area contributed by atoms with Gasteiger partial charge in [-0.25, -0.2) is 0 Å². The van der Waals surface area contributed by atoms with Gasteiger partial charge in [0.05, 0.1) is 11.7 Å². The van der Waals surface area contributed by atoms with Crippen LogP contribution in [0.5, 0.6) is 5.75 Å². The van der Waals surface area contributed by atoms with Crippen molar-refractivity contribution in [2.75, 3.05) is 31.1 Å². The van der Waals surface area contributed by atoms with Crippen molar-refractivity contribution in [1.82, 2.24) is 15.0 Å². The van der Waals surface area contributed by atoms with Crippen LogP contribution in [0.4, 0.5) is 5.69 Å². The third-order valence-electron chi connectivity index (χ3n) is 4.55. The van der Waals surface area contributed by atoms with E-state index in [0.717, 1.165) is 37.7 Å². The Hall–Kier alpha value is -2.08. The third-order valence-corrected chi connectivity index (χ3v) is 4.55. The molecular weight excluding hydrogens is 304 g/mol. The van der Waals surface area contributed by atoms with Crippen molar-refractivity contribution >= 4 is 5.69 Å². The number of para-hydroxylation sites is 2. The van der Waals surface area contributed by atoms with E-state index in [1.807, 2.05) is 18.2 Å². The molecule has 6 heteroatoms. The van der Waals surface area contributed by atoms with E-state index < -0.39 is 0 Å². The second-order valence-corrected chi connectivity index (χ2v) is 7.39. The van der Waals surface area contributed by atoms with Gasteiger partial charge in [0.1, 0.15) is 5.75 Å². The lowest BCUT2D eigenvalue weighted by Gasteiger charge is -2.38. The van der Waals surface area contributed by atoms with Crippen molar-refractivity contribution in [3.63, 3.8) is 0 Å². The van der Waals surface area contributed by atoms with Crippen LogP contribution in [-0.2, 0) is 5.41 Å². The molecule has 1 fully saturated rings. The number of piperazine rings is 1. The smallest absolute Gasteiger partial charge is 0.243 e. The molecule has 1 saturated heterocycles. The highest BCUT2D eigenvalue weighted by molar-refractivity contribution is 5.57. The van der Waals surface area contributed by atoms with Crippen LogP contribution in [0.1, 0.15) is 45.5 Å². The summed E-state index contributed by atoms with van der Waals surface area (Å²) < 4.78 is 5.48. The highest BCUT2D eigenvalue weighted by Gasteiger charge is 2.28. The van der Waals surface area contributed by atoms with Crippen molar-refractivity contribution in [2.24, 2.45) is 0 Å². The molecule has 6 nitrogen and oxygen atoms in total. The van der Waals surface area contributed by atoms with Gasteiger partial charge in [0.2, 0.25) is 5.89 Å². The fraction of sp³-hybridized carbons (Fsp3) is 0.556. The normalized spacial score (nSPS) is 17.9. The van der Waals surface area contributed by atoms with Gasteiger partial charge >= 0.3 is 0 Å². The number of phenols is 1. The highest BCUT2D eigenvalue weighted by Crippen LogP contribution is 2.29. The molecule has 1 atom stereocenters. The van der Waals surface area contributed by atoms with E-state index in [9.17, 15) is 5.11 Å². The Balaban J connectivity index is 1.64. The lowest BCUT2D eigenvalue weighted by molar-refractivity contribution is 0.164. The Bertz CT molecular complexity index is 684. The van der Waals surface area contributed by atoms with E-state index >= 15 is 0 Å². The van der Waals surface area contributed by atoms with Gasteiger partial charge in [-0.05, 0) is 19.1 Å². The average molecular weight is 330 g/mol. The molecule has 2 aromatic rings. The molecule has 3 rings (SSSR count). The highest BCUT2D eigenvalue weighted by atomic mass is 16.5. The SMILES string of the molecule is CC(c1nc(C(C)(C)C)no1)N1CCN(c2ccccc2O)CC1. The Morgan fingerprint density at radius 1 is 1.12 bits per heavy atom. The van der Waals surface area contributed by atoms with Gasteiger partial charge in [0.15, 0.2) is 5.82 Å². The predicted molar refractivity (Wildman–Crippen MR) is 93.3 cm³/mol. The van der Waals surface area contributed by atoms with Crippen LogP contribution < -0.4 is 4.90 Å². The van der Waals surface area contributed by atoms with Crippen molar-refractivity contribution in [1.29, 1.82) is 0 Å². The number of aromatic nitrogens is 2. The second-order valence-electron chi connectivity index (χ2n) is 7.39. The van der Waals surface area contributed by atoms with Gasteiger partial charge in [-0.2, -0.15) is 4.98 Å². The molecule has 2 heterocycles. The maximum absolute atomic E-state index is 10.0. The number of aromatic hydroxyl groups is 1. The topological polar surface area (TPSA) is 65.6 Å². The number of anilines is 1. The molecule has 0 radical (unpaired) electrons. The van der Waals surface area contributed by atoms with Gasteiger partial charge in [-0.15, -0.1) is 0 Å². The Labute approximate surface area is 143 Å². The Kier molecular flexibility index (Phi) is 4.49. The number of hydrogen-bond donors (Lipinski definition) is 1. The van der Waals surface area contributed by atoms with Crippen LogP contribution in [0.3, 0.4) is 0 Å². The second kappa shape index (κ2) is 6.43. The molecule has 0 amide bonds. The first-order chi connectivity index (χ1) is 11.4. The van der Waals surface area contributed by atoms with Crippen LogP contribution in [-0.4, -0.2) is 46.3 Å². The summed E-state index contributed by atoms with van der Waals surface area (Å²) in [7, 11) is 0. The molecule has 0 aliphatic carbocycles. The number of phenolic OH excluding ortho intramolecular Hbond substituents is 1. The molecule has 1 aliphatic heterocycles. The maximum atomic E-state index is 10.0. The monoisotopic (exact) mass is 330 g/mol. The fourth-order valence-electron chi connectivity index (χ4n) is 2.95. The molecule has 0 saturated carbocycles. The van der Waals surface area contributed by atoms with E-state index in [-0.39, 0.29) is 11.5 Å². The molecule has 0 bridgehead atoms. The summed E-state index contributed by atoms with van der Waals surface area (Å²) in [5, 5.41) is 14.1. The van der Waals surface area contributed by atoms with Crippen LogP contribution in [0.2, 0.25) is 0 Å². The van der Waals surface area contributed by atoms with Crippen molar-refractivity contribution in [3.8, 4) is 5.75 Å². The summed E-state index contributed by atoms with van der Waals surface area (Å²) in [4.78, 5) is 9.13. The third kappa shape index (κ3) is 3.38. The zero-order chi connectivity index (χ0) is 17.3. The van der Waals surface area contributed by atoms with E-state index in [1.54, 1.807) is 6.07 Å². The molecule has 0 spiro atoms. The van der Waals surface area contributed by atoms with Crippen LogP contribution in [0.25, 0.3) is 0 Å². The Morgan fingerprint density at radius 3 is 2.38 bits per heavy atom. The van der Waals surface area contributed by atoms with Crippen LogP contribution in [0, 0.1) is 0 Å². The molecule has 1 N–H and O–H groups in total. The van der Waals surface area contributed by atoms with Gasteiger partial charge in [0, 0.05) is 31.6 Å². The summed E-state index contributed by atoms with van der Waals surface area (Å²) in [6.07, 6.45) is 0. The van der Waals surface area contributed by atoms with Crippen molar-refractivity contribution in [3.05, 3.63) is 36.0 Å². The minimum absolute atomic E-state index is 0.0973. The average Bonchev–Trinajstić information content (AvgIpc) is 3.05. The summed E-state index contributed by atoms with van der Waals surface area (Å²) in [6, 6.07) is 7.59. The lowest BCUT2D eigenvalue weighted by atomic mass is 9.96. The maximum Gasteiger partial charge on any atom is 0.243 e. The quantitative estimate of drug-likeness (QED) is 0.933. The number of rotatable bonds is 3. The first-order valence-electron chi connectivity index (χ1n) is 8.47. The molecule has 1 aromatic heterocycles. The zero-order valence-corrected chi connectivity index (χ0v) is 14.9. The van der Waals surface area contributed by atoms with Crippen molar-refractivity contribution < 1.29 is 9.63 Å². The number of hydrogen-bond acceptors (Lipinski definition) is 6. The minimum atomic E-state index is -0.106. The van der Waals surface area contributed by atoms with E-state index in [4.69, 9.17) is 4.52 Å². The largest absolute Gasteiger partial charge is 0.506 e. The molecule has 1 aliphatic rings. The van der Waals surface area contributed by atoms with Gasteiger partial charge in [-0.3, -0.25) is 4.90 Å². The first kappa shape index (κ1) is 16.8. The number of nitrogens with zero attached hydrogens (tertiary/aromatic N) is 4.